The van der Waals surface area contributed by atoms with Crippen molar-refractivity contribution in [2.75, 3.05) is 12.3 Å². The van der Waals surface area contributed by atoms with Gasteiger partial charge in [-0.05, 0) is 31.5 Å². The van der Waals surface area contributed by atoms with Crippen molar-refractivity contribution in [1.29, 1.82) is 0 Å². The molecule has 1 aromatic carbocycles. The average Bonchev–Trinajstić information content (AvgIpc) is 2.84. The minimum absolute atomic E-state index is 0.0748. The Labute approximate surface area is 116 Å². The van der Waals surface area contributed by atoms with Gasteiger partial charge in [0.05, 0.1) is 16.0 Å². The summed E-state index contributed by atoms with van der Waals surface area (Å²) >= 11 is 1.27. The molecule has 3 rings (SSSR count). The third-order valence-corrected chi connectivity index (χ3v) is 6.68. The molecule has 1 unspecified atom stereocenters. The fourth-order valence-corrected chi connectivity index (χ4v) is 5.26. The normalized spacial score (nSPS) is 20.7. The molecule has 19 heavy (non-hydrogen) atoms. The standard InChI is InChI=1S/C13H16N2O2S2/c16-19(17,9-10-5-3-4-8-14-10)13-15-11-6-1-2-7-12(11)18-13/h1-2,6-7,10,14H,3-5,8-9H2. The number of para-hydroxylation sites is 1. The maximum Gasteiger partial charge on any atom is 0.210 e. The molecular weight excluding hydrogens is 280 g/mol. The zero-order chi connectivity index (χ0) is 13.3. The quantitative estimate of drug-likeness (QED) is 0.943. The highest BCUT2D eigenvalue weighted by atomic mass is 32.2. The van der Waals surface area contributed by atoms with Gasteiger partial charge in [-0.1, -0.05) is 18.6 Å². The summed E-state index contributed by atoms with van der Waals surface area (Å²) < 4.78 is 25.9. The highest BCUT2D eigenvalue weighted by Crippen LogP contribution is 2.26. The lowest BCUT2D eigenvalue weighted by atomic mass is 10.1. The predicted molar refractivity (Wildman–Crippen MR) is 77.3 cm³/mol. The van der Waals surface area contributed by atoms with Crippen molar-refractivity contribution < 1.29 is 8.42 Å². The van der Waals surface area contributed by atoms with Crippen LogP contribution in [0.15, 0.2) is 28.6 Å². The molecule has 1 atom stereocenters. The van der Waals surface area contributed by atoms with Gasteiger partial charge in [-0.2, -0.15) is 0 Å². The van der Waals surface area contributed by atoms with Gasteiger partial charge in [0, 0.05) is 6.04 Å². The Morgan fingerprint density at radius 2 is 2.16 bits per heavy atom. The van der Waals surface area contributed by atoms with Crippen LogP contribution in [0.4, 0.5) is 0 Å². The molecule has 6 heteroatoms. The molecule has 1 fully saturated rings. The molecule has 0 aliphatic carbocycles. The van der Waals surface area contributed by atoms with E-state index in [1.165, 1.54) is 11.3 Å². The first kappa shape index (κ1) is 13.0. The zero-order valence-corrected chi connectivity index (χ0v) is 12.1. The molecule has 0 amide bonds. The van der Waals surface area contributed by atoms with Crippen molar-refractivity contribution in [3.05, 3.63) is 24.3 Å². The van der Waals surface area contributed by atoms with Gasteiger partial charge >= 0.3 is 0 Å². The van der Waals surface area contributed by atoms with Gasteiger partial charge < -0.3 is 5.32 Å². The van der Waals surface area contributed by atoms with Crippen LogP contribution >= 0.6 is 11.3 Å². The molecule has 1 N–H and O–H groups in total. The highest BCUT2D eigenvalue weighted by molar-refractivity contribution is 7.93. The lowest BCUT2D eigenvalue weighted by molar-refractivity contribution is 0.423. The summed E-state index contributed by atoms with van der Waals surface area (Å²) in [5.74, 6) is 0.160. The SMILES string of the molecule is O=S(=O)(CC1CCCCN1)c1nc2ccccc2s1. The fraction of sp³-hybridized carbons (Fsp3) is 0.462. The number of thiazole rings is 1. The number of nitrogens with one attached hydrogen (secondary N) is 1. The number of piperidine rings is 1. The maximum absolute atomic E-state index is 12.4. The van der Waals surface area contributed by atoms with Crippen LogP contribution in [0.2, 0.25) is 0 Å². The van der Waals surface area contributed by atoms with E-state index in [2.05, 4.69) is 10.3 Å². The molecule has 1 aromatic heterocycles. The summed E-state index contributed by atoms with van der Waals surface area (Å²) in [7, 11) is -3.28. The Hall–Kier alpha value is -0.980. The van der Waals surface area contributed by atoms with Gasteiger partial charge in [0.25, 0.3) is 0 Å². The first-order chi connectivity index (χ1) is 9.15. The van der Waals surface area contributed by atoms with Gasteiger partial charge in [-0.15, -0.1) is 11.3 Å². The van der Waals surface area contributed by atoms with E-state index < -0.39 is 9.84 Å². The summed E-state index contributed by atoms with van der Waals surface area (Å²) in [6, 6.07) is 7.61. The molecule has 1 saturated heterocycles. The maximum atomic E-state index is 12.4. The van der Waals surface area contributed by atoms with Gasteiger partial charge in [0.1, 0.15) is 0 Å². The minimum Gasteiger partial charge on any atom is -0.313 e. The molecular formula is C13H16N2O2S2. The summed E-state index contributed by atoms with van der Waals surface area (Å²) in [4.78, 5) is 4.25. The van der Waals surface area contributed by atoms with E-state index in [0.717, 1.165) is 36.0 Å². The smallest absolute Gasteiger partial charge is 0.210 e. The summed E-state index contributed by atoms with van der Waals surface area (Å²) in [6.45, 7) is 0.917. The second kappa shape index (κ2) is 5.19. The van der Waals surface area contributed by atoms with E-state index in [9.17, 15) is 8.42 Å². The number of hydrogen-bond donors (Lipinski definition) is 1. The number of aromatic nitrogens is 1. The topological polar surface area (TPSA) is 59.1 Å². The Morgan fingerprint density at radius 3 is 2.89 bits per heavy atom. The number of rotatable bonds is 3. The molecule has 0 spiro atoms. The first-order valence-corrected chi connectivity index (χ1v) is 8.94. The Morgan fingerprint density at radius 1 is 1.32 bits per heavy atom. The number of hydrogen-bond acceptors (Lipinski definition) is 5. The van der Waals surface area contributed by atoms with Crippen LogP contribution in [0.3, 0.4) is 0 Å². The van der Waals surface area contributed by atoms with E-state index in [4.69, 9.17) is 0 Å². The summed E-state index contributed by atoms with van der Waals surface area (Å²) in [5, 5.41) is 3.28. The molecule has 0 radical (unpaired) electrons. The van der Waals surface area contributed by atoms with E-state index in [1.54, 1.807) is 0 Å². The highest BCUT2D eigenvalue weighted by Gasteiger charge is 2.25. The van der Waals surface area contributed by atoms with Gasteiger partial charge in [-0.3, -0.25) is 0 Å². The van der Waals surface area contributed by atoms with Crippen LogP contribution in [0.5, 0.6) is 0 Å². The Balaban J connectivity index is 1.86. The molecule has 4 nitrogen and oxygen atoms in total. The van der Waals surface area contributed by atoms with Crippen molar-refractivity contribution in [2.24, 2.45) is 0 Å². The van der Waals surface area contributed by atoms with E-state index >= 15 is 0 Å². The van der Waals surface area contributed by atoms with Crippen molar-refractivity contribution in [2.45, 2.75) is 29.6 Å². The lowest BCUT2D eigenvalue weighted by Gasteiger charge is -2.22. The Bertz CT molecular complexity index is 640. The van der Waals surface area contributed by atoms with E-state index in [1.807, 2.05) is 24.3 Å². The number of fused-ring (bicyclic) bond motifs is 1. The zero-order valence-electron chi connectivity index (χ0n) is 10.5. The number of nitrogens with zero attached hydrogens (tertiary/aromatic N) is 1. The van der Waals surface area contributed by atoms with Gasteiger partial charge in [-0.25, -0.2) is 13.4 Å². The van der Waals surface area contributed by atoms with Gasteiger partial charge in [0.2, 0.25) is 14.2 Å². The molecule has 0 bridgehead atoms. The molecule has 2 heterocycles. The van der Waals surface area contributed by atoms with Crippen LogP contribution in [-0.2, 0) is 9.84 Å². The van der Waals surface area contributed by atoms with Crippen molar-refractivity contribution in [3.63, 3.8) is 0 Å². The first-order valence-electron chi connectivity index (χ1n) is 6.47. The summed E-state index contributed by atoms with van der Waals surface area (Å²) in [6.07, 6.45) is 3.18. The molecule has 0 saturated carbocycles. The number of benzene rings is 1. The lowest BCUT2D eigenvalue weighted by Crippen LogP contribution is -2.39. The molecule has 1 aliphatic heterocycles. The number of sulfone groups is 1. The van der Waals surface area contributed by atoms with Gasteiger partial charge in [0.15, 0.2) is 0 Å². The van der Waals surface area contributed by atoms with Crippen LogP contribution in [0.25, 0.3) is 10.2 Å². The van der Waals surface area contributed by atoms with E-state index in [0.29, 0.717) is 0 Å². The third kappa shape index (κ3) is 2.80. The van der Waals surface area contributed by atoms with Crippen LogP contribution in [0, 0.1) is 0 Å². The van der Waals surface area contributed by atoms with Crippen LogP contribution < -0.4 is 5.32 Å². The average molecular weight is 296 g/mol. The minimum atomic E-state index is -3.28. The summed E-state index contributed by atoms with van der Waals surface area (Å²) in [5.41, 5.74) is 0.766. The van der Waals surface area contributed by atoms with Crippen LogP contribution in [-0.4, -0.2) is 31.7 Å². The molecule has 2 aromatic rings. The largest absolute Gasteiger partial charge is 0.313 e. The molecule has 102 valence electrons. The second-order valence-corrected chi connectivity index (χ2v) is 8.11. The van der Waals surface area contributed by atoms with Crippen molar-refractivity contribution in [3.8, 4) is 0 Å². The Kier molecular flexibility index (Phi) is 3.56. The second-order valence-electron chi connectivity index (χ2n) is 4.88. The van der Waals surface area contributed by atoms with Crippen molar-refractivity contribution in [1.82, 2.24) is 10.3 Å². The van der Waals surface area contributed by atoms with E-state index in [-0.39, 0.29) is 16.1 Å². The fourth-order valence-electron chi connectivity index (χ4n) is 2.39. The van der Waals surface area contributed by atoms with Crippen LogP contribution in [0.1, 0.15) is 19.3 Å². The monoisotopic (exact) mass is 296 g/mol. The van der Waals surface area contributed by atoms with Crippen molar-refractivity contribution >= 4 is 31.4 Å². The third-order valence-electron chi connectivity index (χ3n) is 3.37. The molecule has 1 aliphatic rings. The predicted octanol–water partition coefficient (Wildman–Crippen LogP) is 2.21.